The van der Waals surface area contributed by atoms with Gasteiger partial charge in [-0.25, -0.2) is 0 Å². The molecule has 25 heavy (non-hydrogen) atoms. The number of benzene rings is 2. The largest absolute Gasteiger partial charge is 0.496 e. The maximum Gasteiger partial charge on any atom is 0.266 e. The molecule has 1 amide bonds. The molecule has 0 aliphatic carbocycles. The number of halogens is 2. The molecule has 0 fully saturated rings. The van der Waals surface area contributed by atoms with Crippen molar-refractivity contribution in [1.82, 2.24) is 0 Å². The minimum absolute atomic E-state index is 0.0811. The number of hydrogen-bond donors (Lipinski definition) is 1. The first-order valence-electron chi connectivity index (χ1n) is 7.08. The first kappa shape index (κ1) is 18.8. The quantitative estimate of drug-likeness (QED) is 0.563. The van der Waals surface area contributed by atoms with E-state index in [1.807, 2.05) is 6.07 Å². The summed E-state index contributed by atoms with van der Waals surface area (Å²) in [5, 5.41) is 12.3. The Morgan fingerprint density at radius 3 is 2.40 bits per heavy atom. The molecule has 0 spiro atoms. The smallest absolute Gasteiger partial charge is 0.266 e. The molecule has 0 saturated carbocycles. The Bertz CT molecular complexity index is 858. The normalized spacial score (nSPS) is 10.8. The van der Waals surface area contributed by atoms with Crippen LogP contribution in [0.25, 0.3) is 6.08 Å². The molecule has 1 N–H and O–H groups in total. The van der Waals surface area contributed by atoms with Gasteiger partial charge in [-0.3, -0.25) is 4.79 Å². The van der Waals surface area contributed by atoms with Crippen LogP contribution in [0.15, 0.2) is 46.4 Å². The molecule has 0 unspecified atom stereocenters. The van der Waals surface area contributed by atoms with E-state index >= 15 is 0 Å². The lowest BCUT2D eigenvalue weighted by atomic mass is 10.1. The van der Waals surface area contributed by atoms with Crippen LogP contribution in [0.3, 0.4) is 0 Å². The van der Waals surface area contributed by atoms with Gasteiger partial charge in [-0.1, -0.05) is 27.5 Å². The summed E-state index contributed by atoms with van der Waals surface area (Å²) in [5.41, 5.74) is 0.993. The standard InChI is InChI=1S/C18H14BrClN2O3/c1-24-16-9-17(25-2)15(20)8-11(16)7-12(10-21)18(23)22-14-5-3-13(19)4-6-14/h3-9H,1-2H3,(H,22,23)/b12-7+. The molecule has 0 heterocycles. The highest BCUT2D eigenvalue weighted by Gasteiger charge is 2.13. The number of nitriles is 1. The van der Waals surface area contributed by atoms with Crippen LogP contribution in [0.1, 0.15) is 5.56 Å². The topological polar surface area (TPSA) is 71.3 Å². The van der Waals surface area contributed by atoms with Crippen LogP contribution in [0, 0.1) is 11.3 Å². The molecular formula is C18H14BrClN2O3. The minimum atomic E-state index is -0.529. The molecule has 2 aromatic rings. The molecule has 0 aliphatic rings. The van der Waals surface area contributed by atoms with Crippen molar-refractivity contribution in [3.8, 4) is 17.6 Å². The van der Waals surface area contributed by atoms with Crippen molar-refractivity contribution >= 4 is 45.2 Å². The Hall–Kier alpha value is -2.49. The van der Waals surface area contributed by atoms with E-state index in [-0.39, 0.29) is 5.57 Å². The number of methoxy groups -OCH3 is 2. The number of anilines is 1. The van der Waals surface area contributed by atoms with E-state index in [4.69, 9.17) is 21.1 Å². The van der Waals surface area contributed by atoms with Crippen LogP contribution >= 0.6 is 27.5 Å². The third kappa shape index (κ3) is 4.75. The van der Waals surface area contributed by atoms with Gasteiger partial charge in [-0.05, 0) is 36.4 Å². The maximum absolute atomic E-state index is 12.3. The van der Waals surface area contributed by atoms with E-state index in [2.05, 4.69) is 21.2 Å². The molecule has 5 nitrogen and oxygen atoms in total. The number of amides is 1. The summed E-state index contributed by atoms with van der Waals surface area (Å²) >= 11 is 9.43. The van der Waals surface area contributed by atoms with Crippen molar-refractivity contribution in [1.29, 1.82) is 5.26 Å². The fourth-order valence-electron chi connectivity index (χ4n) is 2.03. The summed E-state index contributed by atoms with van der Waals surface area (Å²) < 4.78 is 11.3. The average Bonchev–Trinajstić information content (AvgIpc) is 2.61. The number of nitrogens with one attached hydrogen (secondary N) is 1. The lowest BCUT2D eigenvalue weighted by Crippen LogP contribution is -2.13. The number of ether oxygens (including phenoxy) is 2. The van der Waals surface area contributed by atoms with Gasteiger partial charge in [0.25, 0.3) is 5.91 Å². The van der Waals surface area contributed by atoms with Gasteiger partial charge >= 0.3 is 0 Å². The highest BCUT2D eigenvalue weighted by Crippen LogP contribution is 2.33. The molecule has 7 heteroatoms. The predicted octanol–water partition coefficient (Wildman–Crippen LogP) is 4.67. The van der Waals surface area contributed by atoms with E-state index in [1.165, 1.54) is 20.3 Å². The van der Waals surface area contributed by atoms with Gasteiger partial charge in [0.15, 0.2) is 0 Å². The van der Waals surface area contributed by atoms with Crippen LogP contribution in [-0.4, -0.2) is 20.1 Å². The van der Waals surface area contributed by atoms with Crippen molar-refractivity contribution in [3.05, 3.63) is 57.0 Å². The summed E-state index contributed by atoms with van der Waals surface area (Å²) in [6, 6.07) is 12.1. The molecule has 0 aliphatic heterocycles. The third-order valence-corrected chi connectivity index (χ3v) is 4.10. The van der Waals surface area contributed by atoms with E-state index in [0.29, 0.717) is 27.8 Å². The molecule has 0 saturated heterocycles. The molecule has 0 aromatic heterocycles. The molecular weight excluding hydrogens is 408 g/mol. The van der Waals surface area contributed by atoms with Crippen molar-refractivity contribution in [2.45, 2.75) is 0 Å². The molecule has 0 bridgehead atoms. The summed E-state index contributed by atoms with van der Waals surface area (Å²) in [5.74, 6) is 0.345. The SMILES string of the molecule is COc1cc(OC)c(/C=C(\C#N)C(=O)Nc2ccc(Br)cc2)cc1Cl. The van der Waals surface area contributed by atoms with Gasteiger partial charge in [0.1, 0.15) is 23.1 Å². The molecule has 0 atom stereocenters. The highest BCUT2D eigenvalue weighted by molar-refractivity contribution is 9.10. The monoisotopic (exact) mass is 420 g/mol. The fraction of sp³-hybridized carbons (Fsp3) is 0.111. The van der Waals surface area contributed by atoms with Crippen LogP contribution < -0.4 is 14.8 Å². The second-order valence-corrected chi connectivity index (χ2v) is 6.18. The van der Waals surface area contributed by atoms with Crippen LogP contribution in [0.4, 0.5) is 5.69 Å². The number of hydrogen-bond acceptors (Lipinski definition) is 4. The van der Waals surface area contributed by atoms with Crippen LogP contribution in [0.2, 0.25) is 5.02 Å². The van der Waals surface area contributed by atoms with Gasteiger partial charge in [0.05, 0.1) is 19.2 Å². The zero-order valence-electron chi connectivity index (χ0n) is 13.5. The molecule has 128 valence electrons. The zero-order chi connectivity index (χ0) is 18.4. The summed E-state index contributed by atoms with van der Waals surface area (Å²) in [7, 11) is 2.97. The van der Waals surface area contributed by atoms with E-state index in [0.717, 1.165) is 4.47 Å². The Labute approximate surface area is 158 Å². The van der Waals surface area contributed by atoms with Crippen molar-refractivity contribution in [3.63, 3.8) is 0 Å². The first-order valence-corrected chi connectivity index (χ1v) is 8.25. The van der Waals surface area contributed by atoms with E-state index in [9.17, 15) is 10.1 Å². The summed E-state index contributed by atoms with van der Waals surface area (Å²) in [6.45, 7) is 0. The molecule has 2 aromatic carbocycles. The Balaban J connectivity index is 2.33. The number of rotatable bonds is 5. The first-order chi connectivity index (χ1) is 12.0. The molecule has 2 rings (SSSR count). The Morgan fingerprint density at radius 2 is 1.84 bits per heavy atom. The Kier molecular flexibility index (Phi) is 6.45. The van der Waals surface area contributed by atoms with Gasteiger partial charge < -0.3 is 14.8 Å². The maximum atomic E-state index is 12.3. The number of nitrogens with zero attached hydrogens (tertiary/aromatic N) is 1. The van der Waals surface area contributed by atoms with Gasteiger partial charge in [0, 0.05) is 21.8 Å². The van der Waals surface area contributed by atoms with Gasteiger partial charge in [-0.15, -0.1) is 0 Å². The third-order valence-electron chi connectivity index (χ3n) is 3.27. The summed E-state index contributed by atoms with van der Waals surface area (Å²) in [4.78, 5) is 12.3. The van der Waals surface area contributed by atoms with Crippen molar-refractivity contribution in [2.24, 2.45) is 0 Å². The number of carbonyl (C=O) groups is 1. The fourth-order valence-corrected chi connectivity index (χ4v) is 2.55. The Morgan fingerprint density at radius 1 is 1.20 bits per heavy atom. The predicted molar refractivity (Wildman–Crippen MR) is 101 cm³/mol. The lowest BCUT2D eigenvalue weighted by Gasteiger charge is -2.10. The van der Waals surface area contributed by atoms with Gasteiger partial charge in [0.2, 0.25) is 0 Å². The second kappa shape index (κ2) is 8.56. The van der Waals surface area contributed by atoms with Gasteiger partial charge in [-0.2, -0.15) is 5.26 Å². The minimum Gasteiger partial charge on any atom is -0.496 e. The van der Waals surface area contributed by atoms with E-state index in [1.54, 1.807) is 36.4 Å². The van der Waals surface area contributed by atoms with Crippen LogP contribution in [-0.2, 0) is 4.79 Å². The average molecular weight is 422 g/mol. The zero-order valence-corrected chi connectivity index (χ0v) is 15.8. The second-order valence-electron chi connectivity index (χ2n) is 4.86. The van der Waals surface area contributed by atoms with Crippen LogP contribution in [0.5, 0.6) is 11.5 Å². The van der Waals surface area contributed by atoms with Crippen molar-refractivity contribution in [2.75, 3.05) is 19.5 Å². The highest BCUT2D eigenvalue weighted by atomic mass is 79.9. The summed E-state index contributed by atoms with van der Waals surface area (Å²) in [6.07, 6.45) is 1.42. The molecule has 0 radical (unpaired) electrons. The van der Waals surface area contributed by atoms with Crippen molar-refractivity contribution < 1.29 is 14.3 Å². The van der Waals surface area contributed by atoms with E-state index < -0.39 is 5.91 Å². The lowest BCUT2D eigenvalue weighted by molar-refractivity contribution is -0.112. The number of carbonyl (C=O) groups excluding carboxylic acids is 1.